The van der Waals surface area contributed by atoms with Crippen LogP contribution in [0, 0.1) is 13.8 Å². The highest BCUT2D eigenvalue weighted by molar-refractivity contribution is 7.91. The Balaban J connectivity index is 2.60. The van der Waals surface area contributed by atoms with Gasteiger partial charge in [0.05, 0.1) is 9.79 Å². The van der Waals surface area contributed by atoms with Crippen LogP contribution in [-0.4, -0.2) is 18.6 Å². The number of sulfone groups is 1. The molecule has 0 unspecified atom stereocenters. The number of hydrogen-bond acceptors (Lipinski definition) is 4. The number of phenols is 2. The Morgan fingerprint density at radius 2 is 1.47 bits per heavy atom. The molecule has 0 fully saturated rings. The molecule has 0 heterocycles. The monoisotopic (exact) mass is 278 g/mol. The van der Waals surface area contributed by atoms with Crippen LogP contribution in [0.2, 0.25) is 0 Å². The highest BCUT2D eigenvalue weighted by atomic mass is 32.2. The van der Waals surface area contributed by atoms with Gasteiger partial charge in [-0.3, -0.25) is 0 Å². The molecule has 0 radical (unpaired) electrons. The topological polar surface area (TPSA) is 74.6 Å². The molecule has 0 aromatic heterocycles. The van der Waals surface area contributed by atoms with Gasteiger partial charge in [-0.05, 0) is 61.4 Å². The Morgan fingerprint density at radius 3 is 2.00 bits per heavy atom. The minimum absolute atomic E-state index is 0.00174. The second-order valence-corrected chi connectivity index (χ2v) is 6.33. The van der Waals surface area contributed by atoms with Crippen molar-refractivity contribution < 1.29 is 18.6 Å². The van der Waals surface area contributed by atoms with E-state index in [1.165, 1.54) is 36.4 Å². The molecule has 0 saturated carbocycles. The van der Waals surface area contributed by atoms with Crippen LogP contribution in [0.15, 0.2) is 46.2 Å². The molecule has 0 amide bonds. The summed E-state index contributed by atoms with van der Waals surface area (Å²) in [7, 11) is -3.69. The van der Waals surface area contributed by atoms with Crippen LogP contribution in [0.25, 0.3) is 0 Å². The maximum Gasteiger partial charge on any atom is 0.206 e. The number of hydrogen-bond donors (Lipinski definition) is 2. The summed E-state index contributed by atoms with van der Waals surface area (Å²) in [6.07, 6.45) is 0. The Hall–Kier alpha value is -2.01. The smallest absolute Gasteiger partial charge is 0.206 e. The summed E-state index contributed by atoms with van der Waals surface area (Å²) in [5, 5.41) is 18.9. The molecule has 0 atom stereocenters. The zero-order chi connectivity index (χ0) is 14.2. The van der Waals surface area contributed by atoms with Crippen LogP contribution in [0.4, 0.5) is 0 Å². The SMILES string of the molecule is Cc1cc(S(=O)(=O)c2ccc(O)cc2)cc(O)c1C. The summed E-state index contributed by atoms with van der Waals surface area (Å²) < 4.78 is 24.7. The highest BCUT2D eigenvalue weighted by Gasteiger charge is 2.19. The van der Waals surface area contributed by atoms with E-state index in [1.807, 2.05) is 0 Å². The van der Waals surface area contributed by atoms with E-state index >= 15 is 0 Å². The lowest BCUT2D eigenvalue weighted by molar-refractivity contribution is 0.468. The molecule has 0 spiro atoms. The van der Waals surface area contributed by atoms with E-state index in [1.54, 1.807) is 13.8 Å². The average Bonchev–Trinajstić information content (AvgIpc) is 2.35. The fourth-order valence-electron chi connectivity index (χ4n) is 1.72. The van der Waals surface area contributed by atoms with Gasteiger partial charge in [-0.15, -0.1) is 0 Å². The van der Waals surface area contributed by atoms with Gasteiger partial charge < -0.3 is 10.2 Å². The second-order valence-electron chi connectivity index (χ2n) is 4.38. The first kappa shape index (κ1) is 13.4. The third-order valence-corrected chi connectivity index (χ3v) is 4.82. The molecule has 100 valence electrons. The molecule has 2 aromatic rings. The van der Waals surface area contributed by atoms with E-state index in [0.717, 1.165) is 0 Å². The van der Waals surface area contributed by atoms with E-state index < -0.39 is 9.84 Å². The number of benzene rings is 2. The van der Waals surface area contributed by atoms with Gasteiger partial charge in [0.2, 0.25) is 9.84 Å². The van der Waals surface area contributed by atoms with Crippen molar-refractivity contribution in [2.45, 2.75) is 23.6 Å². The van der Waals surface area contributed by atoms with Gasteiger partial charge in [0.1, 0.15) is 11.5 Å². The summed E-state index contributed by atoms with van der Waals surface area (Å²) in [5.74, 6) is -0.0424. The lowest BCUT2D eigenvalue weighted by atomic mass is 10.1. The number of phenolic OH excluding ortho intramolecular Hbond substituents is 2. The average molecular weight is 278 g/mol. The quantitative estimate of drug-likeness (QED) is 0.885. The molecule has 0 aliphatic heterocycles. The molecule has 0 bridgehead atoms. The van der Waals surface area contributed by atoms with E-state index in [-0.39, 0.29) is 21.3 Å². The standard InChI is InChI=1S/C14H14O4S/c1-9-7-13(8-14(16)10(9)2)19(17,18)12-5-3-11(15)4-6-12/h3-8,15-16H,1-2H3. The molecule has 0 aliphatic rings. The Morgan fingerprint density at radius 1 is 0.895 bits per heavy atom. The highest BCUT2D eigenvalue weighted by Crippen LogP contribution is 2.29. The molecule has 2 aromatic carbocycles. The number of aryl methyl sites for hydroxylation is 1. The Kier molecular flexibility index (Phi) is 3.24. The minimum Gasteiger partial charge on any atom is -0.508 e. The molecular weight excluding hydrogens is 264 g/mol. The van der Waals surface area contributed by atoms with Crippen molar-refractivity contribution in [2.24, 2.45) is 0 Å². The van der Waals surface area contributed by atoms with Gasteiger partial charge >= 0.3 is 0 Å². The van der Waals surface area contributed by atoms with E-state index in [9.17, 15) is 18.6 Å². The van der Waals surface area contributed by atoms with Gasteiger partial charge in [-0.25, -0.2) is 8.42 Å². The van der Waals surface area contributed by atoms with Crippen molar-refractivity contribution in [1.29, 1.82) is 0 Å². The third kappa shape index (κ3) is 2.42. The van der Waals surface area contributed by atoms with Crippen LogP contribution in [-0.2, 0) is 9.84 Å². The van der Waals surface area contributed by atoms with Gasteiger partial charge in [0, 0.05) is 0 Å². The fourth-order valence-corrected chi connectivity index (χ4v) is 3.09. The summed E-state index contributed by atoms with van der Waals surface area (Å²) >= 11 is 0. The first-order valence-corrected chi connectivity index (χ1v) is 7.15. The minimum atomic E-state index is -3.69. The van der Waals surface area contributed by atoms with Crippen molar-refractivity contribution in [3.63, 3.8) is 0 Å². The van der Waals surface area contributed by atoms with Crippen molar-refractivity contribution in [2.75, 3.05) is 0 Å². The van der Waals surface area contributed by atoms with Gasteiger partial charge in [0.15, 0.2) is 0 Å². The summed E-state index contributed by atoms with van der Waals surface area (Å²) in [4.78, 5) is 0.117. The molecule has 0 aliphatic carbocycles. The van der Waals surface area contributed by atoms with Crippen molar-refractivity contribution in [3.8, 4) is 11.5 Å². The Bertz CT molecular complexity index is 693. The van der Waals surface area contributed by atoms with Crippen LogP contribution >= 0.6 is 0 Å². The lowest BCUT2D eigenvalue weighted by Crippen LogP contribution is -2.02. The van der Waals surface area contributed by atoms with Crippen molar-refractivity contribution in [1.82, 2.24) is 0 Å². The summed E-state index contributed by atoms with van der Waals surface area (Å²) in [6, 6.07) is 8.05. The van der Waals surface area contributed by atoms with Gasteiger partial charge in [-0.1, -0.05) is 0 Å². The molecule has 4 nitrogen and oxygen atoms in total. The molecular formula is C14H14O4S. The summed E-state index contributed by atoms with van der Waals surface area (Å²) in [6.45, 7) is 3.46. The number of aromatic hydroxyl groups is 2. The fraction of sp³-hybridized carbons (Fsp3) is 0.143. The van der Waals surface area contributed by atoms with Crippen molar-refractivity contribution >= 4 is 9.84 Å². The normalized spacial score (nSPS) is 11.5. The molecule has 2 rings (SSSR count). The maximum atomic E-state index is 12.4. The molecule has 19 heavy (non-hydrogen) atoms. The van der Waals surface area contributed by atoms with Crippen molar-refractivity contribution in [3.05, 3.63) is 47.5 Å². The number of rotatable bonds is 2. The van der Waals surface area contributed by atoms with E-state index in [4.69, 9.17) is 0 Å². The van der Waals surface area contributed by atoms with Crippen LogP contribution < -0.4 is 0 Å². The molecule has 0 saturated heterocycles. The summed E-state index contributed by atoms with van der Waals surface area (Å²) in [5.41, 5.74) is 1.36. The predicted octanol–water partition coefficient (Wildman–Crippen LogP) is 2.55. The largest absolute Gasteiger partial charge is 0.508 e. The Labute approximate surface area is 111 Å². The predicted molar refractivity (Wildman–Crippen MR) is 71.1 cm³/mol. The molecule has 2 N–H and O–H groups in total. The zero-order valence-corrected chi connectivity index (χ0v) is 11.4. The third-order valence-electron chi connectivity index (χ3n) is 3.07. The zero-order valence-electron chi connectivity index (χ0n) is 10.6. The van der Waals surface area contributed by atoms with E-state index in [2.05, 4.69) is 0 Å². The van der Waals surface area contributed by atoms with E-state index in [0.29, 0.717) is 11.1 Å². The van der Waals surface area contributed by atoms with Crippen LogP contribution in [0.5, 0.6) is 11.5 Å². The second kappa shape index (κ2) is 4.59. The van der Waals surface area contributed by atoms with Crippen LogP contribution in [0.1, 0.15) is 11.1 Å². The maximum absolute atomic E-state index is 12.4. The van der Waals surface area contributed by atoms with Gasteiger partial charge in [-0.2, -0.15) is 0 Å². The van der Waals surface area contributed by atoms with Crippen LogP contribution in [0.3, 0.4) is 0 Å². The first-order valence-electron chi connectivity index (χ1n) is 5.66. The molecule has 5 heteroatoms. The van der Waals surface area contributed by atoms with Gasteiger partial charge in [0.25, 0.3) is 0 Å². The lowest BCUT2D eigenvalue weighted by Gasteiger charge is -2.09. The first-order chi connectivity index (χ1) is 8.82.